The summed E-state index contributed by atoms with van der Waals surface area (Å²) >= 11 is 0. The summed E-state index contributed by atoms with van der Waals surface area (Å²) in [6.45, 7) is 10.7. The SMILES string of the molecule is C=CCOC(=O)C1=C(C)Nc2nc3ccccc3n2[C@H]1c1ccc(OCCC)c(OCC)c1. The van der Waals surface area contributed by atoms with Crippen molar-refractivity contribution >= 4 is 23.0 Å². The second kappa shape index (κ2) is 9.81. The molecule has 1 atom stereocenters. The van der Waals surface area contributed by atoms with E-state index in [1.807, 2.05) is 60.9 Å². The molecule has 0 radical (unpaired) electrons. The number of nitrogens with zero attached hydrogens (tertiary/aromatic N) is 2. The topological polar surface area (TPSA) is 74.6 Å². The second-order valence-corrected chi connectivity index (χ2v) is 7.74. The van der Waals surface area contributed by atoms with Crippen LogP contribution in [-0.2, 0) is 9.53 Å². The summed E-state index contributed by atoms with van der Waals surface area (Å²) in [7, 11) is 0. The standard InChI is InChI=1S/C26H29N3O4/c1-5-14-32-21-13-12-18(16-22(21)31-7-3)24-23(25(30)33-15-6-2)17(4)27-26-28-19-10-8-9-11-20(19)29(24)26/h6,8-13,16,24H,2,5,7,14-15H2,1,3-4H3,(H,27,28)/t24-/m0/s1. The van der Waals surface area contributed by atoms with Crippen LogP contribution in [0.25, 0.3) is 11.0 Å². The van der Waals surface area contributed by atoms with Gasteiger partial charge in [-0.25, -0.2) is 9.78 Å². The first-order valence-corrected chi connectivity index (χ1v) is 11.2. The quantitative estimate of drug-likeness (QED) is 0.357. The highest BCUT2D eigenvalue weighted by molar-refractivity contribution is 5.94. The van der Waals surface area contributed by atoms with Crippen molar-refractivity contribution in [2.75, 3.05) is 25.1 Å². The molecule has 0 fully saturated rings. The smallest absolute Gasteiger partial charge is 0.338 e. The highest BCUT2D eigenvalue weighted by atomic mass is 16.5. The number of aromatic nitrogens is 2. The summed E-state index contributed by atoms with van der Waals surface area (Å²) in [4.78, 5) is 17.9. The van der Waals surface area contributed by atoms with Crippen molar-refractivity contribution in [2.24, 2.45) is 0 Å². The summed E-state index contributed by atoms with van der Waals surface area (Å²) in [6, 6.07) is 13.2. The predicted molar refractivity (Wildman–Crippen MR) is 129 cm³/mol. The Morgan fingerprint density at radius 1 is 1.18 bits per heavy atom. The molecule has 0 saturated heterocycles. The second-order valence-electron chi connectivity index (χ2n) is 7.74. The van der Waals surface area contributed by atoms with Gasteiger partial charge in [-0.1, -0.05) is 37.8 Å². The average molecular weight is 448 g/mol. The number of para-hydroxylation sites is 2. The fraction of sp³-hybridized carbons (Fsp3) is 0.308. The molecule has 4 rings (SSSR count). The van der Waals surface area contributed by atoms with Crippen LogP contribution < -0.4 is 14.8 Å². The Bertz CT molecular complexity index is 1210. The van der Waals surface area contributed by atoms with E-state index in [4.69, 9.17) is 19.2 Å². The van der Waals surface area contributed by atoms with Crippen LogP contribution in [0.15, 0.2) is 66.4 Å². The zero-order valence-corrected chi connectivity index (χ0v) is 19.3. The molecule has 2 aromatic carbocycles. The number of hydrogen-bond acceptors (Lipinski definition) is 6. The number of benzene rings is 2. The summed E-state index contributed by atoms with van der Waals surface area (Å²) in [5.74, 6) is 1.59. The van der Waals surface area contributed by atoms with E-state index in [1.54, 1.807) is 6.08 Å². The molecule has 2 heterocycles. The first-order chi connectivity index (χ1) is 16.1. The molecule has 33 heavy (non-hydrogen) atoms. The molecule has 7 nitrogen and oxygen atoms in total. The predicted octanol–water partition coefficient (Wildman–Crippen LogP) is 5.24. The van der Waals surface area contributed by atoms with Crippen molar-refractivity contribution in [3.05, 3.63) is 72.0 Å². The number of carbonyl (C=O) groups is 1. The van der Waals surface area contributed by atoms with Gasteiger partial charge in [0.25, 0.3) is 0 Å². The molecule has 0 spiro atoms. The largest absolute Gasteiger partial charge is 0.490 e. The zero-order valence-electron chi connectivity index (χ0n) is 19.3. The Morgan fingerprint density at radius 3 is 2.76 bits per heavy atom. The van der Waals surface area contributed by atoms with Crippen molar-refractivity contribution < 1.29 is 19.0 Å². The molecule has 1 aliphatic heterocycles. The maximum absolute atomic E-state index is 13.2. The fourth-order valence-corrected chi connectivity index (χ4v) is 4.05. The molecule has 0 amide bonds. The normalized spacial score (nSPS) is 15.1. The van der Waals surface area contributed by atoms with Gasteiger partial charge in [-0.3, -0.25) is 4.57 Å². The molecular weight excluding hydrogens is 418 g/mol. The van der Waals surface area contributed by atoms with Gasteiger partial charge in [-0.05, 0) is 50.1 Å². The lowest BCUT2D eigenvalue weighted by atomic mass is 9.94. The molecule has 7 heteroatoms. The zero-order chi connectivity index (χ0) is 23.4. The van der Waals surface area contributed by atoms with Gasteiger partial charge in [-0.2, -0.15) is 0 Å². The Balaban J connectivity index is 1.89. The molecule has 1 N–H and O–H groups in total. The summed E-state index contributed by atoms with van der Waals surface area (Å²) in [5.41, 5.74) is 3.83. The third kappa shape index (κ3) is 4.31. The Labute approximate surface area is 193 Å². The van der Waals surface area contributed by atoms with E-state index in [2.05, 4.69) is 18.8 Å². The molecule has 0 bridgehead atoms. The number of carbonyl (C=O) groups excluding carboxylic acids is 1. The minimum Gasteiger partial charge on any atom is -0.490 e. The Morgan fingerprint density at radius 2 is 2.00 bits per heavy atom. The van der Waals surface area contributed by atoms with Crippen LogP contribution in [0.1, 0.15) is 38.8 Å². The maximum Gasteiger partial charge on any atom is 0.338 e. The van der Waals surface area contributed by atoms with Crippen molar-refractivity contribution in [3.63, 3.8) is 0 Å². The van der Waals surface area contributed by atoms with Gasteiger partial charge in [-0.15, -0.1) is 0 Å². The van der Waals surface area contributed by atoms with Gasteiger partial charge < -0.3 is 19.5 Å². The Hall–Kier alpha value is -3.74. The third-order valence-corrected chi connectivity index (χ3v) is 5.43. The van der Waals surface area contributed by atoms with Gasteiger partial charge in [0.2, 0.25) is 5.95 Å². The lowest BCUT2D eigenvalue weighted by Crippen LogP contribution is -2.29. The highest BCUT2D eigenvalue weighted by Crippen LogP contribution is 2.42. The van der Waals surface area contributed by atoms with Crippen molar-refractivity contribution in [3.8, 4) is 11.5 Å². The molecular formula is C26H29N3O4. The number of allylic oxidation sites excluding steroid dienone is 1. The van der Waals surface area contributed by atoms with Crippen LogP contribution in [0, 0.1) is 0 Å². The van der Waals surface area contributed by atoms with E-state index >= 15 is 0 Å². The van der Waals surface area contributed by atoms with Crippen LogP contribution in [0.3, 0.4) is 0 Å². The monoisotopic (exact) mass is 447 g/mol. The molecule has 0 unspecified atom stereocenters. The maximum atomic E-state index is 13.2. The molecule has 1 aromatic heterocycles. The summed E-state index contributed by atoms with van der Waals surface area (Å²) in [6.07, 6.45) is 2.46. The van der Waals surface area contributed by atoms with Crippen LogP contribution in [0.5, 0.6) is 11.5 Å². The van der Waals surface area contributed by atoms with Gasteiger partial charge in [0, 0.05) is 5.70 Å². The summed E-state index contributed by atoms with van der Waals surface area (Å²) in [5, 5.41) is 3.28. The molecule has 172 valence electrons. The fourth-order valence-electron chi connectivity index (χ4n) is 4.05. The number of fused-ring (bicyclic) bond motifs is 3. The van der Waals surface area contributed by atoms with Crippen LogP contribution in [0.2, 0.25) is 0 Å². The summed E-state index contributed by atoms with van der Waals surface area (Å²) < 4.78 is 19.3. The van der Waals surface area contributed by atoms with Gasteiger partial charge in [0.1, 0.15) is 6.61 Å². The number of rotatable bonds is 9. The van der Waals surface area contributed by atoms with Crippen LogP contribution in [-0.4, -0.2) is 35.3 Å². The average Bonchev–Trinajstić information content (AvgIpc) is 3.18. The number of hydrogen-bond donors (Lipinski definition) is 1. The number of nitrogens with one attached hydrogen (secondary N) is 1. The van der Waals surface area contributed by atoms with Gasteiger partial charge in [0.05, 0.1) is 35.9 Å². The van der Waals surface area contributed by atoms with Crippen LogP contribution >= 0.6 is 0 Å². The number of imidazole rings is 1. The van der Waals surface area contributed by atoms with Gasteiger partial charge in [0.15, 0.2) is 11.5 Å². The first kappa shape index (κ1) is 22.5. The van der Waals surface area contributed by atoms with E-state index in [9.17, 15) is 4.79 Å². The van der Waals surface area contributed by atoms with E-state index in [0.717, 1.165) is 23.0 Å². The minimum absolute atomic E-state index is 0.133. The number of anilines is 1. The number of esters is 1. The minimum atomic E-state index is -0.453. The van der Waals surface area contributed by atoms with Crippen molar-refractivity contribution in [2.45, 2.75) is 33.2 Å². The molecule has 0 aliphatic carbocycles. The first-order valence-electron chi connectivity index (χ1n) is 11.2. The third-order valence-electron chi connectivity index (χ3n) is 5.43. The molecule has 0 saturated carbocycles. The van der Waals surface area contributed by atoms with Gasteiger partial charge >= 0.3 is 5.97 Å². The lowest BCUT2D eigenvalue weighted by Gasteiger charge is -2.30. The van der Waals surface area contributed by atoms with Crippen molar-refractivity contribution in [1.82, 2.24) is 9.55 Å². The highest BCUT2D eigenvalue weighted by Gasteiger charge is 2.35. The molecule has 1 aliphatic rings. The van der Waals surface area contributed by atoms with E-state index in [0.29, 0.717) is 41.9 Å². The Kier molecular flexibility index (Phi) is 6.68. The lowest BCUT2D eigenvalue weighted by molar-refractivity contribution is -0.138. The number of ether oxygens (including phenoxy) is 3. The van der Waals surface area contributed by atoms with Crippen LogP contribution in [0.4, 0.5) is 5.95 Å². The van der Waals surface area contributed by atoms with E-state index < -0.39 is 12.0 Å². The van der Waals surface area contributed by atoms with E-state index in [1.165, 1.54) is 0 Å². The molecule has 3 aromatic rings. The van der Waals surface area contributed by atoms with Crippen molar-refractivity contribution in [1.29, 1.82) is 0 Å². The van der Waals surface area contributed by atoms with E-state index in [-0.39, 0.29) is 6.61 Å².